The molecule has 0 aliphatic heterocycles. The zero-order valence-electron chi connectivity index (χ0n) is 13.7. The van der Waals surface area contributed by atoms with Gasteiger partial charge in [-0.25, -0.2) is 4.39 Å². The molecule has 26 heavy (non-hydrogen) atoms. The lowest BCUT2D eigenvalue weighted by atomic mass is 10.1. The number of aryl methyl sites for hydroxylation is 1. The number of hydrogen-bond donors (Lipinski definition) is 2. The van der Waals surface area contributed by atoms with Gasteiger partial charge < -0.3 is 0 Å². The predicted molar refractivity (Wildman–Crippen MR) is 90.5 cm³/mol. The highest BCUT2D eigenvalue weighted by Crippen LogP contribution is 2.05. The van der Waals surface area contributed by atoms with Gasteiger partial charge in [0.15, 0.2) is 5.69 Å². The average Bonchev–Trinajstić information content (AvgIpc) is 2.64. The normalized spacial score (nSPS) is 10.5. The van der Waals surface area contributed by atoms with E-state index >= 15 is 0 Å². The maximum Gasteiger partial charge on any atom is 0.294 e. The smallest absolute Gasteiger partial charge is 0.285 e. The Morgan fingerprint density at radius 3 is 2.62 bits per heavy atom. The molecule has 2 amide bonds. The van der Waals surface area contributed by atoms with Crippen LogP contribution in [0.4, 0.5) is 4.39 Å². The zero-order valence-corrected chi connectivity index (χ0v) is 13.7. The van der Waals surface area contributed by atoms with Gasteiger partial charge in [-0.05, 0) is 29.8 Å². The molecule has 0 unspecified atom stereocenters. The van der Waals surface area contributed by atoms with Crippen LogP contribution in [-0.2, 0) is 18.3 Å². The van der Waals surface area contributed by atoms with E-state index in [9.17, 15) is 18.8 Å². The number of benzene rings is 1. The maximum atomic E-state index is 12.8. The minimum atomic E-state index is -0.856. The Morgan fingerprint density at radius 2 is 1.88 bits per heavy atom. The summed E-state index contributed by atoms with van der Waals surface area (Å²) in [6.45, 7) is 0. The summed E-state index contributed by atoms with van der Waals surface area (Å²) in [6, 6.07) is 8.70. The van der Waals surface area contributed by atoms with E-state index in [1.165, 1.54) is 35.1 Å². The summed E-state index contributed by atoms with van der Waals surface area (Å²) in [5.41, 5.74) is 4.48. The number of pyridine rings is 1. The van der Waals surface area contributed by atoms with E-state index in [-0.39, 0.29) is 17.6 Å². The second-order valence-electron chi connectivity index (χ2n) is 5.48. The van der Waals surface area contributed by atoms with Crippen LogP contribution >= 0.6 is 0 Å². The number of nitrogens with zero attached hydrogens (tertiary/aromatic N) is 3. The van der Waals surface area contributed by atoms with E-state index in [4.69, 9.17) is 0 Å². The number of nitrogens with one attached hydrogen (secondary N) is 2. The monoisotopic (exact) mass is 355 g/mol. The number of halogens is 1. The second kappa shape index (κ2) is 7.09. The number of rotatable bonds is 3. The summed E-state index contributed by atoms with van der Waals surface area (Å²) in [5.74, 6) is -1.79. The standard InChI is InChI=1S/C17H14FN5O3/c1-23-12-3-2-8-19-14(12)16(25)15(22-23)17(26)21-20-13(24)9-10-4-6-11(18)7-5-10/h2-8H,9H2,1H3,(H,20,24)(H,21,26). The molecule has 0 atom stereocenters. The molecule has 0 saturated carbocycles. The van der Waals surface area contributed by atoms with E-state index in [0.29, 0.717) is 11.1 Å². The van der Waals surface area contributed by atoms with Crippen molar-refractivity contribution in [2.24, 2.45) is 7.05 Å². The van der Waals surface area contributed by atoms with Gasteiger partial charge >= 0.3 is 0 Å². The number of carbonyl (C=O) groups is 2. The van der Waals surface area contributed by atoms with Crippen LogP contribution in [0.5, 0.6) is 0 Å². The molecule has 2 heterocycles. The van der Waals surface area contributed by atoms with Crippen molar-refractivity contribution >= 4 is 22.8 Å². The molecule has 0 fully saturated rings. The first-order valence-corrected chi connectivity index (χ1v) is 7.61. The third-order valence-electron chi connectivity index (χ3n) is 3.62. The van der Waals surface area contributed by atoms with Crippen LogP contribution in [0, 0.1) is 5.82 Å². The Kier molecular flexibility index (Phi) is 4.70. The van der Waals surface area contributed by atoms with Crippen LogP contribution in [0.15, 0.2) is 47.4 Å². The molecule has 132 valence electrons. The lowest BCUT2D eigenvalue weighted by molar-refractivity contribution is -0.121. The third kappa shape index (κ3) is 3.56. The van der Waals surface area contributed by atoms with Gasteiger partial charge in [-0.2, -0.15) is 5.10 Å². The second-order valence-corrected chi connectivity index (χ2v) is 5.48. The highest BCUT2D eigenvalue weighted by molar-refractivity contribution is 5.95. The molecule has 2 N–H and O–H groups in total. The molecule has 1 aromatic carbocycles. The van der Waals surface area contributed by atoms with Crippen molar-refractivity contribution in [1.82, 2.24) is 25.6 Å². The van der Waals surface area contributed by atoms with Crippen LogP contribution in [0.25, 0.3) is 11.0 Å². The Labute approximate surface area is 146 Å². The molecule has 0 spiro atoms. The molecule has 0 radical (unpaired) electrons. The number of carbonyl (C=O) groups excluding carboxylic acids is 2. The summed E-state index contributed by atoms with van der Waals surface area (Å²) >= 11 is 0. The van der Waals surface area contributed by atoms with Gasteiger partial charge in [0.05, 0.1) is 11.9 Å². The van der Waals surface area contributed by atoms with Crippen LogP contribution in [-0.4, -0.2) is 26.6 Å². The zero-order chi connectivity index (χ0) is 18.7. The molecule has 3 rings (SSSR count). The molecular formula is C17H14FN5O3. The number of hydrazine groups is 1. The summed E-state index contributed by atoms with van der Waals surface area (Å²) < 4.78 is 14.2. The van der Waals surface area contributed by atoms with Crippen molar-refractivity contribution < 1.29 is 14.0 Å². The van der Waals surface area contributed by atoms with E-state index < -0.39 is 23.1 Å². The van der Waals surface area contributed by atoms with Crippen molar-refractivity contribution in [1.29, 1.82) is 0 Å². The van der Waals surface area contributed by atoms with Crippen LogP contribution in [0.1, 0.15) is 16.1 Å². The number of fused-ring (bicyclic) bond motifs is 1. The van der Waals surface area contributed by atoms with Crippen molar-refractivity contribution in [3.8, 4) is 0 Å². The first-order chi connectivity index (χ1) is 12.5. The molecule has 9 heteroatoms. The summed E-state index contributed by atoms with van der Waals surface area (Å²) in [4.78, 5) is 40.4. The average molecular weight is 355 g/mol. The van der Waals surface area contributed by atoms with Gasteiger partial charge in [-0.3, -0.25) is 34.9 Å². The molecule has 3 aromatic rings. The van der Waals surface area contributed by atoms with Crippen molar-refractivity contribution in [3.63, 3.8) is 0 Å². The molecule has 0 aliphatic rings. The van der Waals surface area contributed by atoms with Gasteiger partial charge in [0.2, 0.25) is 11.3 Å². The van der Waals surface area contributed by atoms with E-state index in [2.05, 4.69) is 20.9 Å². The van der Waals surface area contributed by atoms with Gasteiger partial charge in [0, 0.05) is 13.2 Å². The first kappa shape index (κ1) is 17.2. The lowest BCUT2D eigenvalue weighted by Gasteiger charge is -2.09. The summed E-state index contributed by atoms with van der Waals surface area (Å²) in [5, 5.41) is 3.93. The highest BCUT2D eigenvalue weighted by atomic mass is 19.1. The first-order valence-electron chi connectivity index (χ1n) is 7.61. The molecule has 2 aromatic heterocycles. The molecule has 0 saturated heterocycles. The number of aromatic nitrogens is 3. The van der Waals surface area contributed by atoms with E-state index in [1.807, 2.05) is 0 Å². The molecule has 0 bridgehead atoms. The Hall–Kier alpha value is -3.62. The Balaban J connectivity index is 1.71. The third-order valence-corrected chi connectivity index (χ3v) is 3.62. The summed E-state index contributed by atoms with van der Waals surface area (Å²) in [7, 11) is 1.58. The topological polar surface area (TPSA) is 106 Å². The van der Waals surface area contributed by atoms with Crippen LogP contribution in [0.3, 0.4) is 0 Å². The highest BCUT2D eigenvalue weighted by Gasteiger charge is 2.17. The lowest BCUT2D eigenvalue weighted by Crippen LogP contribution is -2.44. The fourth-order valence-electron chi connectivity index (χ4n) is 2.36. The Bertz CT molecular complexity index is 1050. The van der Waals surface area contributed by atoms with Crippen LogP contribution in [0.2, 0.25) is 0 Å². The largest absolute Gasteiger partial charge is 0.294 e. The predicted octanol–water partition coefficient (Wildman–Crippen LogP) is 0.471. The van der Waals surface area contributed by atoms with E-state index in [1.54, 1.807) is 19.2 Å². The fourth-order valence-corrected chi connectivity index (χ4v) is 2.36. The number of amides is 2. The van der Waals surface area contributed by atoms with Gasteiger partial charge in [-0.1, -0.05) is 12.1 Å². The minimum Gasteiger partial charge on any atom is -0.285 e. The maximum absolute atomic E-state index is 12.8. The van der Waals surface area contributed by atoms with Crippen molar-refractivity contribution in [3.05, 3.63) is 69.9 Å². The quantitative estimate of drug-likeness (QED) is 0.665. The van der Waals surface area contributed by atoms with Crippen molar-refractivity contribution in [2.75, 3.05) is 0 Å². The Morgan fingerprint density at radius 1 is 1.15 bits per heavy atom. The molecule has 8 nitrogen and oxygen atoms in total. The summed E-state index contributed by atoms with van der Waals surface area (Å²) in [6.07, 6.45) is 1.38. The van der Waals surface area contributed by atoms with E-state index in [0.717, 1.165) is 0 Å². The van der Waals surface area contributed by atoms with Crippen LogP contribution < -0.4 is 16.3 Å². The van der Waals surface area contributed by atoms with Crippen molar-refractivity contribution in [2.45, 2.75) is 6.42 Å². The fraction of sp³-hybridized carbons (Fsp3) is 0.118. The SMILES string of the molecule is Cn1nc(C(=O)NNC(=O)Cc2ccc(F)cc2)c(=O)c2ncccc21. The minimum absolute atomic E-state index is 0.0642. The molecule has 0 aliphatic carbocycles. The van der Waals surface area contributed by atoms with Gasteiger partial charge in [0.25, 0.3) is 5.91 Å². The van der Waals surface area contributed by atoms with Gasteiger partial charge in [-0.15, -0.1) is 0 Å². The number of hydrogen-bond acceptors (Lipinski definition) is 5. The molecular weight excluding hydrogens is 341 g/mol. The van der Waals surface area contributed by atoms with Gasteiger partial charge in [0.1, 0.15) is 11.3 Å².